The molecule has 3 nitrogen and oxygen atoms in total. The minimum Gasteiger partial charge on any atom is -0.346 e. The molecule has 3 heteroatoms. The Morgan fingerprint density at radius 1 is 1.35 bits per heavy atom. The first kappa shape index (κ1) is 13.7. The van der Waals surface area contributed by atoms with E-state index in [2.05, 4.69) is 5.32 Å². The van der Waals surface area contributed by atoms with Crippen molar-refractivity contribution in [3.63, 3.8) is 0 Å². The van der Waals surface area contributed by atoms with Gasteiger partial charge in [0.2, 0.25) is 5.91 Å². The molecular formula is C14H22N2O. The molecule has 0 saturated heterocycles. The predicted octanol–water partition coefficient (Wildman–Crippen LogP) is 2.02. The second kappa shape index (κ2) is 5.82. The van der Waals surface area contributed by atoms with Crippen LogP contribution in [0.2, 0.25) is 0 Å². The van der Waals surface area contributed by atoms with Gasteiger partial charge in [-0.05, 0) is 18.4 Å². The second-order valence-corrected chi connectivity index (χ2v) is 5.05. The maximum Gasteiger partial charge on any atom is 0.220 e. The van der Waals surface area contributed by atoms with Crippen molar-refractivity contribution in [2.24, 2.45) is 11.7 Å². The maximum absolute atomic E-state index is 11.8. The van der Waals surface area contributed by atoms with Crippen molar-refractivity contribution in [2.75, 3.05) is 6.54 Å². The molecule has 1 rings (SSSR count). The van der Waals surface area contributed by atoms with Crippen LogP contribution in [0.5, 0.6) is 0 Å². The number of amides is 1. The first-order chi connectivity index (χ1) is 7.98. The van der Waals surface area contributed by atoms with Gasteiger partial charge >= 0.3 is 0 Å². The molecule has 1 atom stereocenters. The van der Waals surface area contributed by atoms with Gasteiger partial charge in [-0.3, -0.25) is 4.79 Å². The third-order valence-electron chi connectivity index (χ3n) is 2.83. The van der Waals surface area contributed by atoms with Crippen molar-refractivity contribution < 1.29 is 4.79 Å². The lowest BCUT2D eigenvalue weighted by Gasteiger charge is -2.30. The van der Waals surface area contributed by atoms with Crippen LogP contribution >= 0.6 is 0 Å². The molecule has 94 valence electrons. The molecule has 0 bridgehead atoms. The fourth-order valence-corrected chi connectivity index (χ4v) is 1.78. The van der Waals surface area contributed by atoms with Gasteiger partial charge < -0.3 is 11.1 Å². The number of benzene rings is 1. The van der Waals surface area contributed by atoms with Crippen molar-refractivity contribution in [1.29, 1.82) is 0 Å². The number of nitrogens with one attached hydrogen (secondary N) is 1. The summed E-state index contributed by atoms with van der Waals surface area (Å²) in [6, 6.07) is 9.84. The van der Waals surface area contributed by atoms with Crippen molar-refractivity contribution >= 4 is 5.91 Å². The van der Waals surface area contributed by atoms with Crippen LogP contribution in [0.15, 0.2) is 30.3 Å². The van der Waals surface area contributed by atoms with Gasteiger partial charge in [-0.15, -0.1) is 0 Å². The Kier molecular flexibility index (Phi) is 4.70. The molecule has 0 aromatic heterocycles. The summed E-state index contributed by atoms with van der Waals surface area (Å²) in [4.78, 5) is 11.8. The van der Waals surface area contributed by atoms with E-state index in [0.717, 1.165) is 5.56 Å². The highest BCUT2D eigenvalue weighted by Gasteiger charge is 2.26. The lowest BCUT2D eigenvalue weighted by molar-refractivity contribution is -0.123. The van der Waals surface area contributed by atoms with E-state index >= 15 is 0 Å². The fourth-order valence-electron chi connectivity index (χ4n) is 1.78. The SMILES string of the molecule is CC(C)CC(=O)NC(C)(CN)c1ccccc1. The summed E-state index contributed by atoms with van der Waals surface area (Å²) in [5.41, 5.74) is 6.37. The molecule has 17 heavy (non-hydrogen) atoms. The molecule has 3 N–H and O–H groups in total. The normalized spacial score (nSPS) is 14.4. The fraction of sp³-hybridized carbons (Fsp3) is 0.500. The Labute approximate surface area is 103 Å². The van der Waals surface area contributed by atoms with Crippen LogP contribution in [0.1, 0.15) is 32.8 Å². The van der Waals surface area contributed by atoms with Crippen LogP contribution in [0.25, 0.3) is 0 Å². The third kappa shape index (κ3) is 3.86. The van der Waals surface area contributed by atoms with Gasteiger partial charge in [-0.1, -0.05) is 44.2 Å². The highest BCUT2D eigenvalue weighted by Crippen LogP contribution is 2.19. The number of nitrogens with two attached hydrogens (primary N) is 1. The van der Waals surface area contributed by atoms with E-state index < -0.39 is 5.54 Å². The van der Waals surface area contributed by atoms with E-state index in [1.54, 1.807) is 0 Å². The Bertz CT molecular complexity index is 362. The summed E-state index contributed by atoms with van der Waals surface area (Å²) >= 11 is 0. The van der Waals surface area contributed by atoms with E-state index in [1.165, 1.54) is 0 Å². The molecule has 1 amide bonds. The van der Waals surface area contributed by atoms with Crippen LogP contribution in [-0.4, -0.2) is 12.5 Å². The van der Waals surface area contributed by atoms with Crippen molar-refractivity contribution in [3.8, 4) is 0 Å². The standard InChI is InChI=1S/C14H22N2O/c1-11(2)9-13(17)16-14(3,10-15)12-7-5-4-6-8-12/h4-8,11H,9-10,15H2,1-3H3,(H,16,17). The molecule has 0 aliphatic rings. The summed E-state index contributed by atoms with van der Waals surface area (Å²) in [6.07, 6.45) is 0.530. The molecule has 0 radical (unpaired) electrons. The van der Waals surface area contributed by atoms with Crippen LogP contribution in [0.4, 0.5) is 0 Å². The van der Waals surface area contributed by atoms with E-state index in [4.69, 9.17) is 5.73 Å². The third-order valence-corrected chi connectivity index (χ3v) is 2.83. The highest BCUT2D eigenvalue weighted by molar-refractivity contribution is 5.77. The zero-order valence-electron chi connectivity index (χ0n) is 10.9. The van der Waals surface area contributed by atoms with Gasteiger partial charge in [-0.25, -0.2) is 0 Å². The molecule has 0 aliphatic carbocycles. The molecule has 0 aliphatic heterocycles. The van der Waals surface area contributed by atoms with E-state index in [1.807, 2.05) is 51.1 Å². The summed E-state index contributed by atoms with van der Waals surface area (Å²) < 4.78 is 0. The topological polar surface area (TPSA) is 55.1 Å². The molecule has 0 saturated carbocycles. The summed E-state index contributed by atoms with van der Waals surface area (Å²) in [5.74, 6) is 0.407. The Hall–Kier alpha value is -1.35. The minimum atomic E-state index is -0.479. The monoisotopic (exact) mass is 234 g/mol. The Morgan fingerprint density at radius 2 is 1.94 bits per heavy atom. The lowest BCUT2D eigenvalue weighted by Crippen LogP contribution is -2.49. The second-order valence-electron chi connectivity index (χ2n) is 5.05. The van der Waals surface area contributed by atoms with Crippen LogP contribution < -0.4 is 11.1 Å². The minimum absolute atomic E-state index is 0.0526. The molecule has 1 unspecified atom stereocenters. The van der Waals surface area contributed by atoms with Crippen LogP contribution in [-0.2, 0) is 10.3 Å². The molecule has 1 aromatic carbocycles. The Balaban J connectivity index is 2.79. The number of carbonyl (C=O) groups excluding carboxylic acids is 1. The Morgan fingerprint density at radius 3 is 2.41 bits per heavy atom. The van der Waals surface area contributed by atoms with E-state index in [0.29, 0.717) is 18.9 Å². The van der Waals surface area contributed by atoms with Crippen molar-refractivity contribution in [2.45, 2.75) is 32.7 Å². The van der Waals surface area contributed by atoms with Gasteiger partial charge in [0.15, 0.2) is 0 Å². The molecule has 0 heterocycles. The summed E-state index contributed by atoms with van der Waals surface area (Å²) in [6.45, 7) is 6.41. The largest absolute Gasteiger partial charge is 0.346 e. The number of carbonyl (C=O) groups is 1. The van der Waals surface area contributed by atoms with Crippen LogP contribution in [0, 0.1) is 5.92 Å². The smallest absolute Gasteiger partial charge is 0.220 e. The van der Waals surface area contributed by atoms with E-state index in [9.17, 15) is 4.79 Å². The van der Waals surface area contributed by atoms with Gasteiger partial charge in [0, 0.05) is 13.0 Å². The van der Waals surface area contributed by atoms with Crippen molar-refractivity contribution in [1.82, 2.24) is 5.32 Å². The van der Waals surface area contributed by atoms with Crippen molar-refractivity contribution in [3.05, 3.63) is 35.9 Å². The molecule has 0 fully saturated rings. The number of rotatable bonds is 5. The van der Waals surface area contributed by atoms with Gasteiger partial charge in [-0.2, -0.15) is 0 Å². The molecule has 0 spiro atoms. The highest BCUT2D eigenvalue weighted by atomic mass is 16.1. The lowest BCUT2D eigenvalue weighted by atomic mass is 9.91. The maximum atomic E-state index is 11.8. The van der Waals surface area contributed by atoms with Gasteiger partial charge in [0.05, 0.1) is 5.54 Å². The van der Waals surface area contributed by atoms with Crippen LogP contribution in [0.3, 0.4) is 0 Å². The summed E-state index contributed by atoms with van der Waals surface area (Å²) in [5, 5.41) is 3.03. The van der Waals surface area contributed by atoms with E-state index in [-0.39, 0.29) is 5.91 Å². The predicted molar refractivity (Wildman–Crippen MR) is 70.4 cm³/mol. The number of hydrogen-bond donors (Lipinski definition) is 2. The molecule has 1 aromatic rings. The summed E-state index contributed by atoms with van der Waals surface area (Å²) in [7, 11) is 0. The van der Waals surface area contributed by atoms with Gasteiger partial charge in [0.25, 0.3) is 0 Å². The zero-order valence-corrected chi connectivity index (χ0v) is 10.9. The zero-order chi connectivity index (χ0) is 12.9. The quantitative estimate of drug-likeness (QED) is 0.819. The first-order valence-corrected chi connectivity index (χ1v) is 6.04. The average Bonchev–Trinajstić information content (AvgIpc) is 2.29. The van der Waals surface area contributed by atoms with Gasteiger partial charge in [0.1, 0.15) is 0 Å². The average molecular weight is 234 g/mol. The first-order valence-electron chi connectivity index (χ1n) is 6.04. The number of hydrogen-bond acceptors (Lipinski definition) is 2. The molecular weight excluding hydrogens is 212 g/mol.